The molecule has 0 N–H and O–H groups in total. The van der Waals surface area contributed by atoms with Crippen LogP contribution in [0, 0.1) is 26.6 Å². The van der Waals surface area contributed by atoms with E-state index in [1.54, 1.807) is 17.4 Å². The van der Waals surface area contributed by atoms with Crippen LogP contribution in [-0.4, -0.2) is 14.5 Å². The van der Waals surface area contributed by atoms with Gasteiger partial charge in [-0.3, -0.25) is 9.55 Å². The van der Waals surface area contributed by atoms with Crippen molar-refractivity contribution in [2.45, 2.75) is 40.5 Å². The summed E-state index contributed by atoms with van der Waals surface area (Å²) in [6.45, 7) is 10.7. The van der Waals surface area contributed by atoms with Crippen molar-refractivity contribution in [3.63, 3.8) is 0 Å². The standard InChI is InChI=1S/C30H26FN3S/c1-16(2)24-14-26-21(15-32-24)27-22(31)11-10-20(29(27)35-26)30-33-23-8-6-7-9-25(23)34(30)28-18(4)12-17(3)13-19(28)5/h6-16H,1-5H3. The molecule has 0 aliphatic carbocycles. The minimum Gasteiger partial charge on any atom is -0.292 e. The average molecular weight is 480 g/mol. The zero-order valence-electron chi connectivity index (χ0n) is 20.5. The van der Waals surface area contributed by atoms with Gasteiger partial charge in [-0.25, -0.2) is 9.37 Å². The number of imidazole rings is 1. The van der Waals surface area contributed by atoms with Crippen molar-refractivity contribution in [1.82, 2.24) is 14.5 Å². The molecule has 3 nitrogen and oxygen atoms in total. The molecule has 3 aromatic carbocycles. The highest BCUT2D eigenvalue weighted by Gasteiger charge is 2.22. The van der Waals surface area contributed by atoms with Gasteiger partial charge >= 0.3 is 0 Å². The maximum absolute atomic E-state index is 15.3. The Bertz CT molecular complexity index is 1750. The molecule has 6 aromatic rings. The second-order valence-electron chi connectivity index (χ2n) is 9.67. The highest BCUT2D eigenvalue weighted by molar-refractivity contribution is 7.26. The second-order valence-corrected chi connectivity index (χ2v) is 10.7. The topological polar surface area (TPSA) is 30.7 Å². The van der Waals surface area contributed by atoms with Crippen molar-refractivity contribution in [2.24, 2.45) is 0 Å². The minimum absolute atomic E-state index is 0.223. The summed E-state index contributed by atoms with van der Waals surface area (Å²) >= 11 is 1.62. The highest BCUT2D eigenvalue weighted by atomic mass is 32.1. The van der Waals surface area contributed by atoms with Crippen LogP contribution in [0.4, 0.5) is 4.39 Å². The molecular weight excluding hydrogens is 453 g/mol. The molecule has 0 fully saturated rings. The van der Waals surface area contributed by atoms with Crippen molar-refractivity contribution < 1.29 is 4.39 Å². The van der Waals surface area contributed by atoms with E-state index >= 15 is 4.39 Å². The summed E-state index contributed by atoms with van der Waals surface area (Å²) < 4.78 is 19.5. The number of para-hydroxylation sites is 2. The van der Waals surface area contributed by atoms with Crippen LogP contribution in [0.3, 0.4) is 0 Å². The van der Waals surface area contributed by atoms with Gasteiger partial charge in [-0.2, -0.15) is 0 Å². The lowest BCUT2D eigenvalue weighted by molar-refractivity contribution is 0.641. The molecule has 5 heteroatoms. The summed E-state index contributed by atoms with van der Waals surface area (Å²) in [4.78, 5) is 9.71. The van der Waals surface area contributed by atoms with E-state index in [9.17, 15) is 0 Å². The van der Waals surface area contributed by atoms with E-state index in [0.29, 0.717) is 11.3 Å². The van der Waals surface area contributed by atoms with E-state index in [0.717, 1.165) is 48.6 Å². The normalized spacial score (nSPS) is 12.0. The lowest BCUT2D eigenvalue weighted by Crippen LogP contribution is -2.03. The lowest BCUT2D eigenvalue weighted by atomic mass is 10.0. The van der Waals surface area contributed by atoms with E-state index in [2.05, 4.69) is 68.4 Å². The molecule has 0 radical (unpaired) electrons. The molecule has 0 aliphatic rings. The van der Waals surface area contributed by atoms with E-state index in [4.69, 9.17) is 4.98 Å². The number of hydrogen-bond acceptors (Lipinski definition) is 3. The Morgan fingerprint density at radius 2 is 1.69 bits per heavy atom. The average Bonchev–Trinajstić information content (AvgIpc) is 3.38. The van der Waals surface area contributed by atoms with Gasteiger partial charge in [-0.15, -0.1) is 11.3 Å². The van der Waals surface area contributed by atoms with Crippen LogP contribution in [-0.2, 0) is 0 Å². The Balaban J connectivity index is 1.73. The van der Waals surface area contributed by atoms with Crippen molar-refractivity contribution >= 4 is 42.5 Å². The molecule has 35 heavy (non-hydrogen) atoms. The van der Waals surface area contributed by atoms with Gasteiger partial charge in [0.15, 0.2) is 0 Å². The Hall–Kier alpha value is -3.57. The van der Waals surface area contributed by atoms with Gasteiger partial charge in [-0.1, -0.05) is 43.7 Å². The van der Waals surface area contributed by atoms with Crippen LogP contribution >= 0.6 is 11.3 Å². The molecule has 174 valence electrons. The monoisotopic (exact) mass is 479 g/mol. The number of fused-ring (bicyclic) bond motifs is 4. The molecule has 0 amide bonds. The second kappa shape index (κ2) is 7.99. The first-order chi connectivity index (χ1) is 16.8. The fraction of sp³-hybridized carbons (Fsp3) is 0.200. The molecule has 3 aromatic heterocycles. The third-order valence-electron chi connectivity index (χ3n) is 6.73. The summed E-state index contributed by atoms with van der Waals surface area (Å²) in [6.07, 6.45) is 1.83. The lowest BCUT2D eigenvalue weighted by Gasteiger charge is -2.16. The van der Waals surface area contributed by atoms with E-state index in [1.807, 2.05) is 30.5 Å². The number of aryl methyl sites for hydroxylation is 3. The molecule has 0 unspecified atom stereocenters. The van der Waals surface area contributed by atoms with Gasteiger partial charge in [0.05, 0.1) is 16.7 Å². The van der Waals surface area contributed by atoms with Crippen LogP contribution in [0.25, 0.3) is 48.3 Å². The number of pyridine rings is 1. The van der Waals surface area contributed by atoms with Crippen LogP contribution < -0.4 is 0 Å². The zero-order valence-corrected chi connectivity index (χ0v) is 21.3. The molecule has 3 heterocycles. The Morgan fingerprint density at radius 3 is 2.43 bits per heavy atom. The fourth-order valence-electron chi connectivity index (χ4n) is 5.20. The third kappa shape index (κ3) is 3.37. The van der Waals surface area contributed by atoms with E-state index < -0.39 is 0 Å². The van der Waals surface area contributed by atoms with Gasteiger partial charge in [0.1, 0.15) is 11.6 Å². The Kier molecular flexibility index (Phi) is 5.01. The maximum atomic E-state index is 15.3. The SMILES string of the molecule is Cc1cc(C)c(-n2c(-c3ccc(F)c4c3sc3cc(C(C)C)ncc34)nc3ccccc32)c(C)c1. The van der Waals surface area contributed by atoms with Crippen molar-refractivity contribution in [2.75, 3.05) is 0 Å². The molecule has 0 saturated heterocycles. The minimum atomic E-state index is -0.223. The first kappa shape index (κ1) is 21.9. The number of aromatic nitrogens is 3. The smallest absolute Gasteiger partial charge is 0.147 e. The number of rotatable bonds is 3. The largest absolute Gasteiger partial charge is 0.292 e. The molecule has 0 aliphatic heterocycles. The first-order valence-electron chi connectivity index (χ1n) is 11.9. The van der Waals surface area contributed by atoms with Crippen molar-refractivity contribution in [3.05, 3.63) is 89.0 Å². The number of halogens is 1. The number of benzene rings is 3. The van der Waals surface area contributed by atoms with Gasteiger partial charge < -0.3 is 0 Å². The van der Waals surface area contributed by atoms with Gasteiger partial charge in [-0.05, 0) is 68.1 Å². The van der Waals surface area contributed by atoms with Crippen LogP contribution in [0.2, 0.25) is 0 Å². The number of hydrogen-bond donors (Lipinski definition) is 0. The van der Waals surface area contributed by atoms with Gasteiger partial charge in [0.25, 0.3) is 0 Å². The molecule has 0 atom stereocenters. The summed E-state index contributed by atoms with van der Waals surface area (Å²) in [5.74, 6) is 0.917. The van der Waals surface area contributed by atoms with Crippen molar-refractivity contribution in [3.8, 4) is 17.1 Å². The van der Waals surface area contributed by atoms with E-state index in [-0.39, 0.29) is 5.82 Å². The molecule has 0 spiro atoms. The molecule has 0 bridgehead atoms. The third-order valence-corrected chi connectivity index (χ3v) is 7.91. The van der Waals surface area contributed by atoms with Crippen LogP contribution in [0.5, 0.6) is 0 Å². The molecule has 0 saturated carbocycles. The predicted octanol–water partition coefficient (Wildman–Crippen LogP) is 8.64. The summed E-state index contributed by atoms with van der Waals surface area (Å²) in [7, 11) is 0. The molecular formula is C30H26FN3S. The van der Waals surface area contributed by atoms with Gasteiger partial charge in [0.2, 0.25) is 0 Å². The zero-order chi connectivity index (χ0) is 24.4. The number of nitrogens with zero attached hydrogens (tertiary/aromatic N) is 3. The quantitative estimate of drug-likeness (QED) is 0.254. The number of thiophene rings is 1. The summed E-state index contributed by atoms with van der Waals surface area (Å²) in [5.41, 5.74) is 8.65. The predicted molar refractivity (Wildman–Crippen MR) is 145 cm³/mol. The Morgan fingerprint density at radius 1 is 0.943 bits per heavy atom. The van der Waals surface area contributed by atoms with E-state index in [1.165, 1.54) is 16.7 Å². The van der Waals surface area contributed by atoms with Crippen molar-refractivity contribution in [1.29, 1.82) is 0 Å². The Labute approximate surface area is 207 Å². The highest BCUT2D eigenvalue weighted by Crippen LogP contribution is 2.43. The summed E-state index contributed by atoms with van der Waals surface area (Å²) in [6, 6.07) is 18.2. The van der Waals surface area contributed by atoms with Crippen LogP contribution in [0.15, 0.2) is 60.8 Å². The fourth-order valence-corrected chi connectivity index (χ4v) is 6.44. The first-order valence-corrected chi connectivity index (χ1v) is 12.7. The molecule has 6 rings (SSSR count). The van der Waals surface area contributed by atoms with Gasteiger partial charge in [0, 0.05) is 37.6 Å². The van der Waals surface area contributed by atoms with Crippen LogP contribution in [0.1, 0.15) is 42.1 Å². The summed E-state index contributed by atoms with van der Waals surface area (Å²) in [5, 5.41) is 1.49. The maximum Gasteiger partial charge on any atom is 0.147 e.